The third kappa shape index (κ3) is 2.80. The van der Waals surface area contributed by atoms with Crippen LogP contribution in [-0.4, -0.2) is 25.0 Å². The van der Waals surface area contributed by atoms with Crippen LogP contribution in [0, 0.1) is 0 Å². The normalized spacial score (nSPS) is 12.4. The van der Waals surface area contributed by atoms with Crippen LogP contribution in [-0.2, 0) is 7.05 Å². The summed E-state index contributed by atoms with van der Waals surface area (Å²) >= 11 is 6.31. The fraction of sp³-hybridized carbons (Fsp3) is 0.150. The van der Waals surface area contributed by atoms with Gasteiger partial charge in [-0.2, -0.15) is 0 Å². The number of halogens is 1. The van der Waals surface area contributed by atoms with E-state index in [1.807, 2.05) is 11.3 Å². The van der Waals surface area contributed by atoms with Gasteiger partial charge < -0.3 is 10.4 Å². The highest BCUT2D eigenvalue weighted by Crippen LogP contribution is 2.30. The standard InChI is InChI=1S/C20H17ClN4O3/c1-11(23-16-6-4-3-5-13(16)20(27)28)14-7-12(21)8-15-18(14)25-10-22-9-17(25)24(2)19(15)26/h3-11,23H,1-2H3,(H,27,28). The maximum Gasteiger partial charge on any atom is 0.337 e. The number of benzene rings is 2. The van der Waals surface area contributed by atoms with Gasteiger partial charge in [-0.1, -0.05) is 23.7 Å². The molecule has 0 aliphatic carbocycles. The molecule has 0 bridgehead atoms. The van der Waals surface area contributed by atoms with Gasteiger partial charge in [-0.3, -0.25) is 13.8 Å². The van der Waals surface area contributed by atoms with Crippen molar-refractivity contribution < 1.29 is 9.90 Å². The third-order valence-corrected chi connectivity index (χ3v) is 5.06. The fourth-order valence-corrected chi connectivity index (χ4v) is 3.71. The van der Waals surface area contributed by atoms with E-state index in [4.69, 9.17) is 11.6 Å². The number of carboxylic acid groups (broad SMARTS) is 1. The van der Waals surface area contributed by atoms with Crippen LogP contribution in [0.5, 0.6) is 0 Å². The molecule has 8 heteroatoms. The number of para-hydroxylation sites is 1. The zero-order valence-electron chi connectivity index (χ0n) is 15.2. The van der Waals surface area contributed by atoms with Crippen LogP contribution in [0.1, 0.15) is 28.9 Å². The molecule has 1 atom stereocenters. The van der Waals surface area contributed by atoms with Crippen molar-refractivity contribution in [3.8, 4) is 0 Å². The summed E-state index contributed by atoms with van der Waals surface area (Å²) in [6.45, 7) is 1.89. The summed E-state index contributed by atoms with van der Waals surface area (Å²) in [5.41, 5.74) is 2.59. The number of aromatic carboxylic acids is 1. The van der Waals surface area contributed by atoms with E-state index in [1.54, 1.807) is 49.9 Å². The van der Waals surface area contributed by atoms with E-state index in [9.17, 15) is 14.7 Å². The van der Waals surface area contributed by atoms with Gasteiger partial charge in [-0.25, -0.2) is 9.78 Å². The lowest BCUT2D eigenvalue weighted by Gasteiger charge is -2.20. The van der Waals surface area contributed by atoms with Gasteiger partial charge in [0.1, 0.15) is 12.0 Å². The average Bonchev–Trinajstić information content (AvgIpc) is 3.15. The van der Waals surface area contributed by atoms with E-state index >= 15 is 0 Å². The lowest BCUT2D eigenvalue weighted by atomic mass is 10.0. The summed E-state index contributed by atoms with van der Waals surface area (Å²) in [7, 11) is 1.68. The van der Waals surface area contributed by atoms with Gasteiger partial charge in [0.2, 0.25) is 0 Å². The lowest BCUT2D eigenvalue weighted by Crippen LogP contribution is -2.21. The molecule has 0 spiro atoms. The van der Waals surface area contributed by atoms with Crippen molar-refractivity contribution in [3.05, 3.63) is 75.4 Å². The van der Waals surface area contributed by atoms with Gasteiger partial charge in [0.05, 0.1) is 28.7 Å². The second-order valence-electron chi connectivity index (χ2n) is 6.59. The lowest BCUT2D eigenvalue weighted by molar-refractivity contribution is 0.0698. The van der Waals surface area contributed by atoms with E-state index in [1.165, 1.54) is 10.6 Å². The minimum absolute atomic E-state index is 0.171. The Morgan fingerprint density at radius 1 is 1.29 bits per heavy atom. The molecule has 7 nitrogen and oxygen atoms in total. The molecule has 0 saturated carbocycles. The van der Waals surface area contributed by atoms with Gasteiger partial charge in [-0.15, -0.1) is 0 Å². The van der Waals surface area contributed by atoms with Crippen molar-refractivity contribution in [2.24, 2.45) is 7.05 Å². The smallest absolute Gasteiger partial charge is 0.337 e. The number of aryl methyl sites for hydroxylation is 1. The number of aromatic nitrogens is 3. The maximum atomic E-state index is 12.8. The molecule has 0 fully saturated rings. The zero-order chi connectivity index (χ0) is 20.0. The van der Waals surface area contributed by atoms with Crippen molar-refractivity contribution in [3.63, 3.8) is 0 Å². The Labute approximate surface area is 164 Å². The molecule has 0 aliphatic heterocycles. The van der Waals surface area contributed by atoms with Crippen molar-refractivity contribution in [1.29, 1.82) is 0 Å². The Hall–Kier alpha value is -3.32. The number of carbonyl (C=O) groups is 1. The zero-order valence-corrected chi connectivity index (χ0v) is 15.9. The molecule has 2 aromatic carbocycles. The van der Waals surface area contributed by atoms with Crippen molar-refractivity contribution >= 4 is 39.8 Å². The molecular weight excluding hydrogens is 380 g/mol. The highest BCUT2D eigenvalue weighted by Gasteiger charge is 2.19. The van der Waals surface area contributed by atoms with Crippen molar-refractivity contribution in [2.75, 3.05) is 5.32 Å². The maximum absolute atomic E-state index is 12.8. The first kappa shape index (κ1) is 18.1. The van der Waals surface area contributed by atoms with E-state index in [2.05, 4.69) is 10.3 Å². The van der Waals surface area contributed by atoms with Gasteiger partial charge in [-0.05, 0) is 31.2 Å². The Morgan fingerprint density at radius 2 is 2.04 bits per heavy atom. The number of nitrogens with one attached hydrogen (secondary N) is 1. The third-order valence-electron chi connectivity index (χ3n) is 4.84. The topological polar surface area (TPSA) is 88.6 Å². The minimum Gasteiger partial charge on any atom is -0.478 e. The number of nitrogens with zero attached hydrogens (tertiary/aromatic N) is 3. The highest BCUT2D eigenvalue weighted by molar-refractivity contribution is 6.31. The number of anilines is 1. The van der Waals surface area contributed by atoms with Crippen LogP contribution in [0.3, 0.4) is 0 Å². The highest BCUT2D eigenvalue weighted by atomic mass is 35.5. The summed E-state index contributed by atoms with van der Waals surface area (Å²) in [6, 6.07) is 9.79. The molecule has 0 saturated heterocycles. The Kier molecular flexibility index (Phi) is 4.31. The molecule has 28 heavy (non-hydrogen) atoms. The van der Waals surface area contributed by atoms with Crippen molar-refractivity contribution in [1.82, 2.24) is 14.0 Å². The molecule has 0 aliphatic rings. The van der Waals surface area contributed by atoms with Crippen LogP contribution in [0.25, 0.3) is 16.6 Å². The molecule has 2 aromatic heterocycles. The molecule has 4 rings (SSSR count). The molecule has 0 amide bonds. The summed E-state index contributed by atoms with van der Waals surface area (Å²) in [6.07, 6.45) is 3.27. The second-order valence-corrected chi connectivity index (χ2v) is 7.03. The molecule has 1 unspecified atom stereocenters. The SMILES string of the molecule is CC(Nc1ccccc1C(=O)O)c1cc(Cl)cc2c(=O)n(C)c3cncn3c12. The molecule has 2 N–H and O–H groups in total. The van der Waals surface area contributed by atoms with E-state index in [0.717, 1.165) is 5.56 Å². The molecular formula is C20H17ClN4O3. The number of fused-ring (bicyclic) bond motifs is 3. The van der Waals surface area contributed by atoms with Gasteiger partial charge in [0.25, 0.3) is 5.56 Å². The van der Waals surface area contributed by atoms with Gasteiger partial charge in [0, 0.05) is 23.3 Å². The molecule has 142 valence electrons. The Bertz CT molecular complexity index is 1290. The van der Waals surface area contributed by atoms with Crippen molar-refractivity contribution in [2.45, 2.75) is 13.0 Å². The minimum atomic E-state index is -1.02. The Balaban J connectivity index is 1.94. The summed E-state index contributed by atoms with van der Waals surface area (Å²) in [5.74, 6) is -1.02. The molecule has 4 aromatic rings. The Morgan fingerprint density at radius 3 is 2.79 bits per heavy atom. The summed E-state index contributed by atoms with van der Waals surface area (Å²) < 4.78 is 3.36. The van der Waals surface area contributed by atoms with Crippen LogP contribution >= 0.6 is 11.6 Å². The first-order chi connectivity index (χ1) is 13.4. The predicted octanol–water partition coefficient (Wildman–Crippen LogP) is 3.71. The van der Waals surface area contributed by atoms with Crippen LogP contribution < -0.4 is 10.9 Å². The average molecular weight is 397 g/mol. The summed E-state index contributed by atoms with van der Waals surface area (Å²) in [5, 5.41) is 13.6. The number of hydrogen-bond donors (Lipinski definition) is 2. The number of imidazole rings is 1. The monoisotopic (exact) mass is 396 g/mol. The number of rotatable bonds is 4. The summed E-state index contributed by atoms with van der Waals surface area (Å²) in [4.78, 5) is 28.5. The van der Waals surface area contributed by atoms with E-state index < -0.39 is 5.97 Å². The first-order valence-electron chi connectivity index (χ1n) is 8.61. The fourth-order valence-electron chi connectivity index (χ4n) is 3.48. The number of carboxylic acids is 1. The van der Waals surface area contributed by atoms with E-state index in [0.29, 0.717) is 27.3 Å². The first-order valence-corrected chi connectivity index (χ1v) is 8.99. The number of hydrogen-bond acceptors (Lipinski definition) is 4. The second kappa shape index (κ2) is 6.69. The van der Waals surface area contributed by atoms with Crippen LogP contribution in [0.2, 0.25) is 5.02 Å². The van der Waals surface area contributed by atoms with E-state index in [-0.39, 0.29) is 17.2 Å². The van der Waals surface area contributed by atoms with Gasteiger partial charge >= 0.3 is 5.97 Å². The quantitative estimate of drug-likeness (QED) is 0.549. The largest absolute Gasteiger partial charge is 0.478 e. The predicted molar refractivity (Wildman–Crippen MR) is 108 cm³/mol. The molecule has 0 radical (unpaired) electrons. The van der Waals surface area contributed by atoms with Crippen LogP contribution in [0.4, 0.5) is 5.69 Å². The molecule has 2 heterocycles. The van der Waals surface area contributed by atoms with Crippen LogP contribution in [0.15, 0.2) is 53.7 Å². The van der Waals surface area contributed by atoms with Gasteiger partial charge in [0.15, 0.2) is 0 Å².